The largest absolute Gasteiger partial charge is 0.255 e. The Balaban J connectivity index is 0.0000110. The molecule has 264 valence electrons. The minimum atomic E-state index is 0. The van der Waals surface area contributed by atoms with Gasteiger partial charge in [-0.2, -0.15) is 0 Å². The summed E-state index contributed by atoms with van der Waals surface area (Å²) >= 11 is 0. The van der Waals surface area contributed by atoms with E-state index in [-0.39, 0.29) is 16.5 Å². The number of rotatable bonds is 27. The molecule has 0 aliphatic rings. The van der Waals surface area contributed by atoms with Crippen LogP contribution in [0.1, 0.15) is 165 Å². The van der Waals surface area contributed by atoms with Gasteiger partial charge in [0.05, 0.1) is 23.3 Å². The van der Waals surface area contributed by atoms with E-state index in [1.54, 1.807) is 0 Å². The fourth-order valence-electron chi connectivity index (χ4n) is 6.07. The quantitative estimate of drug-likeness (QED) is 0.0388. The van der Waals surface area contributed by atoms with E-state index in [0.29, 0.717) is 0 Å². The Morgan fingerprint density at radius 1 is 0.574 bits per heavy atom. The first kappa shape index (κ1) is 42.8. The molecule has 3 heteroatoms. The molecule has 0 aliphatic carbocycles. The van der Waals surface area contributed by atoms with Crippen LogP contribution in [0.3, 0.4) is 0 Å². The van der Waals surface area contributed by atoms with Crippen molar-refractivity contribution in [3.63, 3.8) is 0 Å². The van der Waals surface area contributed by atoms with Crippen molar-refractivity contribution in [1.29, 1.82) is 0 Å². The molecule has 47 heavy (non-hydrogen) atoms. The maximum absolute atomic E-state index is 5.12. The summed E-state index contributed by atoms with van der Waals surface area (Å²) in [4.78, 5) is 9.96. The number of aryl methyl sites for hydroxylation is 3. The first-order valence-corrected chi connectivity index (χ1v) is 19.2. The summed E-state index contributed by atoms with van der Waals surface area (Å²) in [5, 5.41) is 0. The topological polar surface area (TPSA) is 24.7 Å². The number of allylic oxidation sites excluding steroid dienone is 4. The smallest absolute Gasteiger partial charge is 0.0816 e. The molecule has 0 N–H and O–H groups in total. The van der Waals surface area contributed by atoms with Crippen molar-refractivity contribution in [3.05, 3.63) is 83.5 Å². The fourth-order valence-corrected chi connectivity index (χ4v) is 6.07. The van der Waals surface area contributed by atoms with Crippen LogP contribution in [-0.4, -0.2) is 11.9 Å². The van der Waals surface area contributed by atoms with Crippen LogP contribution in [0.25, 0.3) is 0 Å². The van der Waals surface area contributed by atoms with Gasteiger partial charge in [0.2, 0.25) is 0 Å². The summed E-state index contributed by atoms with van der Waals surface area (Å²) < 4.78 is 0. The molecule has 0 spiro atoms. The van der Waals surface area contributed by atoms with Crippen molar-refractivity contribution in [2.24, 2.45) is 9.98 Å². The standard InChI is InChI=1S/C44H68N2.Ni/c1-5-7-9-11-13-14-15-16-17-18-19-20-21-22-23-24-26-28-33-42(38-45-43-36-39(3)35-40(4)37-43)46-44-34-30-29-32-41(44)31-27-25-12-10-8-6-2;/h10,12,28-30,32-38H,5-9,11,13-27,31H2,1-4H3;/b12-10+,33-28+,45-38?,46-42?;. The van der Waals surface area contributed by atoms with Crippen molar-refractivity contribution >= 4 is 23.3 Å². The third-order valence-corrected chi connectivity index (χ3v) is 8.75. The second-order valence-electron chi connectivity index (χ2n) is 13.4. The molecule has 0 heterocycles. The van der Waals surface area contributed by atoms with Crippen LogP contribution >= 0.6 is 0 Å². The number of hydrogen-bond donors (Lipinski definition) is 0. The summed E-state index contributed by atoms with van der Waals surface area (Å²) in [6.45, 7) is 8.79. The normalized spacial score (nSPS) is 12.1. The van der Waals surface area contributed by atoms with Crippen LogP contribution in [0, 0.1) is 13.8 Å². The molecule has 2 aromatic carbocycles. The number of para-hydroxylation sites is 1. The summed E-state index contributed by atoms with van der Waals surface area (Å²) in [7, 11) is 0. The minimum Gasteiger partial charge on any atom is -0.255 e. The number of nitrogens with zero attached hydrogens (tertiary/aromatic N) is 2. The Bertz CT molecular complexity index is 1140. The molecule has 2 aromatic rings. The number of benzene rings is 2. The molecule has 0 aromatic heterocycles. The van der Waals surface area contributed by atoms with E-state index < -0.39 is 0 Å². The van der Waals surface area contributed by atoms with Crippen molar-refractivity contribution in [3.8, 4) is 0 Å². The summed E-state index contributed by atoms with van der Waals surface area (Å²) in [5.41, 5.74) is 6.77. The van der Waals surface area contributed by atoms with Gasteiger partial charge in [0.25, 0.3) is 0 Å². The fraction of sp³-hybridized carbons (Fsp3) is 0.591. The summed E-state index contributed by atoms with van der Waals surface area (Å²) in [5.74, 6) is 0. The first-order valence-electron chi connectivity index (χ1n) is 19.2. The molecule has 0 saturated heterocycles. The number of hydrogen-bond acceptors (Lipinski definition) is 2. The number of unbranched alkanes of at least 4 members (excludes halogenated alkanes) is 18. The Labute approximate surface area is 301 Å². The SMILES string of the molecule is CCC/C=C/CCCc1ccccc1N=C(C=Nc1cc(C)cc(C)c1)/C=C/CCCCCCCCCCCCCCCCCC.[Ni]. The second kappa shape index (κ2) is 29.9. The Morgan fingerprint density at radius 3 is 1.70 bits per heavy atom. The molecular weight excluding hydrogens is 615 g/mol. The third-order valence-electron chi connectivity index (χ3n) is 8.75. The van der Waals surface area contributed by atoms with E-state index in [9.17, 15) is 0 Å². The van der Waals surface area contributed by atoms with Gasteiger partial charge in [-0.1, -0.05) is 159 Å². The first-order chi connectivity index (χ1) is 22.6. The van der Waals surface area contributed by atoms with Gasteiger partial charge in [0.1, 0.15) is 0 Å². The van der Waals surface area contributed by atoms with E-state index in [1.807, 2.05) is 6.21 Å². The van der Waals surface area contributed by atoms with Crippen molar-refractivity contribution in [2.75, 3.05) is 0 Å². The van der Waals surface area contributed by atoms with E-state index in [1.165, 1.54) is 132 Å². The zero-order chi connectivity index (χ0) is 32.9. The monoisotopic (exact) mass is 682 g/mol. The van der Waals surface area contributed by atoms with E-state index in [0.717, 1.165) is 42.8 Å². The number of aliphatic imine (C=N–C) groups is 2. The Morgan fingerprint density at radius 2 is 1.11 bits per heavy atom. The third kappa shape index (κ3) is 22.9. The maximum atomic E-state index is 5.12. The van der Waals surface area contributed by atoms with Crippen LogP contribution in [0.5, 0.6) is 0 Å². The summed E-state index contributed by atoms with van der Waals surface area (Å²) in [6.07, 6.45) is 40.4. The van der Waals surface area contributed by atoms with Crippen LogP contribution in [-0.2, 0) is 22.9 Å². The van der Waals surface area contributed by atoms with Crippen LogP contribution in [0.4, 0.5) is 11.4 Å². The molecule has 0 fully saturated rings. The molecule has 2 rings (SSSR count). The Kier molecular flexibility index (Phi) is 27.2. The zero-order valence-corrected chi connectivity index (χ0v) is 31.7. The average molecular weight is 684 g/mol. The summed E-state index contributed by atoms with van der Waals surface area (Å²) in [6, 6.07) is 15.1. The minimum absolute atomic E-state index is 0. The molecule has 0 amide bonds. The molecule has 0 unspecified atom stereocenters. The van der Waals surface area contributed by atoms with Gasteiger partial charge in [0, 0.05) is 16.5 Å². The molecule has 0 bridgehead atoms. The maximum Gasteiger partial charge on any atom is 0.0816 e. The van der Waals surface area contributed by atoms with Crippen molar-refractivity contribution in [2.45, 2.75) is 169 Å². The van der Waals surface area contributed by atoms with Crippen molar-refractivity contribution < 1.29 is 16.5 Å². The molecule has 0 aliphatic heterocycles. The Hall–Kier alpha value is -2.25. The average Bonchev–Trinajstić information content (AvgIpc) is 3.04. The van der Waals surface area contributed by atoms with E-state index in [4.69, 9.17) is 9.98 Å². The molecule has 0 atom stereocenters. The molecule has 0 radical (unpaired) electrons. The van der Waals surface area contributed by atoms with Gasteiger partial charge < -0.3 is 0 Å². The second-order valence-corrected chi connectivity index (χ2v) is 13.4. The van der Waals surface area contributed by atoms with Crippen LogP contribution < -0.4 is 0 Å². The van der Waals surface area contributed by atoms with Gasteiger partial charge in [0.15, 0.2) is 0 Å². The van der Waals surface area contributed by atoms with Crippen molar-refractivity contribution in [1.82, 2.24) is 0 Å². The van der Waals surface area contributed by atoms with Crippen LogP contribution in [0.15, 0.2) is 76.8 Å². The van der Waals surface area contributed by atoms with Gasteiger partial charge >= 0.3 is 0 Å². The van der Waals surface area contributed by atoms with Gasteiger partial charge in [-0.15, -0.1) is 0 Å². The molecular formula is C44H68N2Ni. The van der Waals surface area contributed by atoms with Gasteiger partial charge in [-0.25, -0.2) is 4.99 Å². The molecule has 0 saturated carbocycles. The van der Waals surface area contributed by atoms with E-state index >= 15 is 0 Å². The predicted octanol–water partition coefficient (Wildman–Crippen LogP) is 14.7. The zero-order valence-electron chi connectivity index (χ0n) is 30.7. The molecule has 2 nitrogen and oxygen atoms in total. The van der Waals surface area contributed by atoms with Gasteiger partial charge in [-0.3, -0.25) is 4.99 Å². The predicted molar refractivity (Wildman–Crippen MR) is 208 cm³/mol. The van der Waals surface area contributed by atoms with E-state index in [2.05, 4.69) is 94.5 Å². The van der Waals surface area contributed by atoms with Gasteiger partial charge in [-0.05, 0) is 93.3 Å². The van der Waals surface area contributed by atoms with Crippen LogP contribution in [0.2, 0.25) is 0 Å².